The van der Waals surface area contributed by atoms with Crippen molar-refractivity contribution in [1.29, 1.82) is 0 Å². The highest BCUT2D eigenvalue weighted by Crippen LogP contribution is 2.24. The molecule has 0 bridgehead atoms. The third-order valence-electron chi connectivity index (χ3n) is 4.37. The summed E-state index contributed by atoms with van der Waals surface area (Å²) in [5, 5.41) is 6.45. The molecule has 0 aliphatic rings. The number of hydrogen-bond donors (Lipinski definition) is 0. The molecule has 5 nitrogen and oxygen atoms in total. The van der Waals surface area contributed by atoms with Gasteiger partial charge >= 0.3 is 0 Å². The van der Waals surface area contributed by atoms with Gasteiger partial charge in [0.1, 0.15) is 17.0 Å². The third kappa shape index (κ3) is 4.34. The molecule has 1 aromatic carbocycles. The van der Waals surface area contributed by atoms with Gasteiger partial charge in [0.15, 0.2) is 0 Å². The van der Waals surface area contributed by atoms with Gasteiger partial charge in [-0.15, -0.1) is 0 Å². The van der Waals surface area contributed by atoms with Gasteiger partial charge < -0.3 is 4.84 Å². The van der Waals surface area contributed by atoms with Crippen molar-refractivity contribution in [2.75, 3.05) is 0 Å². The highest BCUT2D eigenvalue weighted by molar-refractivity contribution is 6.30. The van der Waals surface area contributed by atoms with E-state index in [1.54, 1.807) is 6.07 Å². The number of nitrogens with zero attached hydrogens (tertiary/aromatic N) is 4. The van der Waals surface area contributed by atoms with Crippen LogP contribution in [0.15, 0.2) is 59.8 Å². The molecular formula is C23H17ClN4O. The molecule has 0 amide bonds. The summed E-state index contributed by atoms with van der Waals surface area (Å²) in [5.41, 5.74) is 4.77. The van der Waals surface area contributed by atoms with Gasteiger partial charge in [-0.2, -0.15) is 0 Å². The lowest BCUT2D eigenvalue weighted by molar-refractivity contribution is 0.298. The molecule has 4 rings (SSSR count). The first-order valence-electron chi connectivity index (χ1n) is 9.07. The Bertz CT molecular complexity index is 1300. The first kappa shape index (κ1) is 18.9. The standard InChI is InChI=1S/C23H17ClN4O/c1-15-5-3-7-20(25-15)16(2)28-29-14-4-6-19-12-10-17-8-9-18-11-13-21(24)27-23(18)22(17)26-19/h3,5,7-13H,6H2,1-2H3. The molecule has 0 saturated heterocycles. The third-order valence-corrected chi connectivity index (χ3v) is 4.58. The lowest BCUT2D eigenvalue weighted by atomic mass is 10.1. The largest absolute Gasteiger partial charge is 0.303 e. The number of hydrogen-bond acceptors (Lipinski definition) is 5. The van der Waals surface area contributed by atoms with Crippen molar-refractivity contribution in [2.45, 2.75) is 20.3 Å². The van der Waals surface area contributed by atoms with E-state index in [0.29, 0.717) is 17.3 Å². The van der Waals surface area contributed by atoms with E-state index in [1.807, 2.05) is 62.4 Å². The second-order valence-electron chi connectivity index (χ2n) is 6.53. The SMILES string of the molecule is CC(=NOC#CCc1ccc2ccc3ccc(Cl)nc3c2n1)c1cccc(C)n1. The molecule has 0 spiro atoms. The van der Waals surface area contributed by atoms with Crippen LogP contribution in [0.4, 0.5) is 0 Å². The summed E-state index contributed by atoms with van der Waals surface area (Å²) in [5.74, 6) is 2.94. The van der Waals surface area contributed by atoms with Gasteiger partial charge in [0.25, 0.3) is 0 Å². The van der Waals surface area contributed by atoms with Crippen LogP contribution < -0.4 is 0 Å². The summed E-state index contributed by atoms with van der Waals surface area (Å²) in [6, 6.07) is 17.4. The normalized spacial score (nSPS) is 11.3. The Morgan fingerprint density at radius 2 is 1.69 bits per heavy atom. The number of halogens is 1. The van der Waals surface area contributed by atoms with E-state index >= 15 is 0 Å². The van der Waals surface area contributed by atoms with Crippen LogP contribution in [0.1, 0.15) is 24.0 Å². The topological polar surface area (TPSA) is 60.3 Å². The maximum absolute atomic E-state index is 6.06. The molecule has 0 unspecified atom stereocenters. The molecular weight excluding hydrogens is 384 g/mol. The number of aromatic nitrogens is 3. The summed E-state index contributed by atoms with van der Waals surface area (Å²) < 4.78 is 0. The number of fused-ring (bicyclic) bond motifs is 3. The predicted molar refractivity (Wildman–Crippen MR) is 116 cm³/mol. The van der Waals surface area contributed by atoms with Gasteiger partial charge in [-0.25, -0.2) is 9.97 Å². The van der Waals surface area contributed by atoms with Crippen LogP contribution in [0.5, 0.6) is 0 Å². The van der Waals surface area contributed by atoms with Gasteiger partial charge in [0.05, 0.1) is 28.8 Å². The van der Waals surface area contributed by atoms with Crippen LogP contribution in [-0.2, 0) is 11.3 Å². The average Bonchev–Trinajstić information content (AvgIpc) is 2.73. The first-order chi connectivity index (χ1) is 14.1. The maximum atomic E-state index is 6.06. The van der Waals surface area contributed by atoms with E-state index in [4.69, 9.17) is 21.4 Å². The lowest BCUT2D eigenvalue weighted by Crippen LogP contribution is -1.99. The van der Waals surface area contributed by atoms with Crippen LogP contribution in [0.25, 0.3) is 21.8 Å². The fourth-order valence-electron chi connectivity index (χ4n) is 2.92. The summed E-state index contributed by atoms with van der Waals surface area (Å²) in [6.45, 7) is 3.76. The van der Waals surface area contributed by atoms with E-state index in [1.165, 1.54) is 0 Å². The molecule has 142 valence electrons. The number of oxime groups is 1. The lowest BCUT2D eigenvalue weighted by Gasteiger charge is -2.04. The summed E-state index contributed by atoms with van der Waals surface area (Å²) in [7, 11) is 0. The molecule has 3 heterocycles. The number of rotatable bonds is 3. The Labute approximate surface area is 173 Å². The van der Waals surface area contributed by atoms with E-state index in [9.17, 15) is 0 Å². The molecule has 4 aromatic rings. The minimum atomic E-state index is 0.435. The van der Waals surface area contributed by atoms with E-state index in [0.717, 1.165) is 38.9 Å². The molecule has 0 aliphatic carbocycles. The number of pyridine rings is 3. The zero-order valence-electron chi connectivity index (χ0n) is 16.0. The monoisotopic (exact) mass is 400 g/mol. The number of benzene rings is 1. The van der Waals surface area contributed by atoms with Crippen molar-refractivity contribution in [3.8, 4) is 12.0 Å². The van der Waals surface area contributed by atoms with Gasteiger partial charge in [-0.1, -0.05) is 46.9 Å². The van der Waals surface area contributed by atoms with E-state index in [-0.39, 0.29) is 0 Å². The van der Waals surface area contributed by atoms with E-state index in [2.05, 4.69) is 27.2 Å². The Hall–Kier alpha value is -3.49. The second kappa shape index (κ2) is 8.26. The molecule has 0 aliphatic heterocycles. The van der Waals surface area contributed by atoms with Crippen molar-refractivity contribution < 1.29 is 4.84 Å². The summed E-state index contributed by atoms with van der Waals surface area (Å²) >= 11 is 6.06. The summed E-state index contributed by atoms with van der Waals surface area (Å²) in [4.78, 5) is 18.6. The van der Waals surface area contributed by atoms with Crippen molar-refractivity contribution in [3.63, 3.8) is 0 Å². The van der Waals surface area contributed by atoms with Crippen LogP contribution in [-0.4, -0.2) is 20.7 Å². The van der Waals surface area contributed by atoms with Gasteiger partial charge in [-0.3, -0.25) is 4.98 Å². The molecule has 0 saturated carbocycles. The molecule has 3 aromatic heterocycles. The molecule has 0 N–H and O–H groups in total. The minimum Gasteiger partial charge on any atom is -0.303 e. The quantitative estimate of drug-likeness (QED) is 0.158. The maximum Gasteiger partial charge on any atom is 0.149 e. The first-order valence-corrected chi connectivity index (χ1v) is 9.45. The fourth-order valence-corrected chi connectivity index (χ4v) is 3.07. The highest BCUT2D eigenvalue weighted by atomic mass is 35.5. The van der Waals surface area contributed by atoms with Gasteiger partial charge in [0.2, 0.25) is 0 Å². The Balaban J connectivity index is 1.51. The summed E-state index contributed by atoms with van der Waals surface area (Å²) in [6.07, 6.45) is 3.04. The molecule has 0 atom stereocenters. The van der Waals surface area contributed by atoms with Gasteiger partial charge in [0, 0.05) is 16.5 Å². The van der Waals surface area contributed by atoms with Crippen molar-refractivity contribution in [3.05, 3.63) is 76.8 Å². The van der Waals surface area contributed by atoms with Crippen LogP contribution in [0.3, 0.4) is 0 Å². The van der Waals surface area contributed by atoms with Crippen molar-refractivity contribution in [2.24, 2.45) is 5.16 Å². The Kier molecular flexibility index (Phi) is 5.37. The smallest absolute Gasteiger partial charge is 0.149 e. The molecule has 0 fully saturated rings. The number of aryl methyl sites for hydroxylation is 1. The highest BCUT2D eigenvalue weighted by Gasteiger charge is 2.05. The zero-order valence-corrected chi connectivity index (χ0v) is 16.7. The zero-order chi connectivity index (χ0) is 20.2. The Morgan fingerprint density at radius 3 is 2.48 bits per heavy atom. The fraction of sp³-hybridized carbons (Fsp3) is 0.130. The predicted octanol–water partition coefficient (Wildman–Crippen LogP) is 5.08. The van der Waals surface area contributed by atoms with E-state index < -0.39 is 0 Å². The van der Waals surface area contributed by atoms with Crippen LogP contribution in [0, 0.1) is 19.0 Å². The van der Waals surface area contributed by atoms with Crippen LogP contribution in [0.2, 0.25) is 5.15 Å². The average molecular weight is 401 g/mol. The van der Waals surface area contributed by atoms with Crippen LogP contribution >= 0.6 is 11.6 Å². The van der Waals surface area contributed by atoms with Crippen molar-refractivity contribution in [1.82, 2.24) is 15.0 Å². The second-order valence-corrected chi connectivity index (χ2v) is 6.92. The minimum absolute atomic E-state index is 0.435. The molecule has 0 radical (unpaired) electrons. The molecule has 6 heteroatoms. The van der Waals surface area contributed by atoms with Crippen molar-refractivity contribution >= 4 is 39.1 Å². The van der Waals surface area contributed by atoms with Gasteiger partial charge in [-0.05, 0) is 44.2 Å². The Morgan fingerprint density at radius 1 is 0.966 bits per heavy atom. The molecule has 29 heavy (non-hydrogen) atoms.